The van der Waals surface area contributed by atoms with Crippen LogP contribution in [0.25, 0.3) is 11.1 Å². The minimum absolute atomic E-state index is 0.0668. The molecule has 1 aliphatic heterocycles. The van der Waals surface area contributed by atoms with E-state index in [1.807, 2.05) is 6.07 Å². The van der Waals surface area contributed by atoms with E-state index >= 15 is 0 Å². The van der Waals surface area contributed by atoms with Crippen molar-refractivity contribution >= 4 is 33.7 Å². The molecular formula is C21H24BrFN4O3. The Balaban J connectivity index is 1.82. The van der Waals surface area contributed by atoms with E-state index in [1.54, 1.807) is 46.0 Å². The third kappa shape index (κ3) is 4.89. The van der Waals surface area contributed by atoms with E-state index in [2.05, 4.69) is 26.2 Å². The smallest absolute Gasteiger partial charge is 0.410 e. The number of nitrogens with one attached hydrogen (secondary N) is 1. The third-order valence-corrected chi connectivity index (χ3v) is 5.18. The monoisotopic (exact) mass is 478 g/mol. The molecule has 2 heterocycles. The van der Waals surface area contributed by atoms with E-state index in [1.165, 1.54) is 4.90 Å². The lowest BCUT2D eigenvalue weighted by atomic mass is 9.91. The Morgan fingerprint density at radius 2 is 2.07 bits per heavy atom. The largest absolute Gasteiger partial charge is 0.444 e. The number of benzene rings is 1. The number of carbonyl (C=O) groups excluding carboxylic acids is 2. The average Bonchev–Trinajstić information content (AvgIpc) is 2.62. The van der Waals surface area contributed by atoms with Crippen LogP contribution >= 0.6 is 15.9 Å². The lowest BCUT2D eigenvalue weighted by Crippen LogP contribution is -2.49. The van der Waals surface area contributed by atoms with Gasteiger partial charge in [-0.05, 0) is 66.4 Å². The van der Waals surface area contributed by atoms with Gasteiger partial charge < -0.3 is 20.7 Å². The quantitative estimate of drug-likeness (QED) is 0.654. The van der Waals surface area contributed by atoms with E-state index in [-0.39, 0.29) is 22.2 Å². The lowest BCUT2D eigenvalue weighted by Gasteiger charge is -2.31. The molecule has 1 atom stereocenters. The zero-order valence-electron chi connectivity index (χ0n) is 17.3. The number of pyridine rings is 1. The SMILES string of the molecule is CN(CC1Cc2cc(-c3cc(Br)c(F)nc3N)ccc2C(=O)N1)C(=O)OC(C)(C)C. The Bertz CT molecular complexity index is 1010. The van der Waals surface area contributed by atoms with Gasteiger partial charge in [0.1, 0.15) is 11.4 Å². The van der Waals surface area contributed by atoms with Gasteiger partial charge in [-0.2, -0.15) is 4.39 Å². The molecule has 2 aromatic rings. The molecule has 1 aromatic heterocycles. The summed E-state index contributed by atoms with van der Waals surface area (Å²) in [4.78, 5) is 29.9. The molecule has 30 heavy (non-hydrogen) atoms. The first-order valence-corrected chi connectivity index (χ1v) is 10.2. The summed E-state index contributed by atoms with van der Waals surface area (Å²) in [7, 11) is 1.63. The molecule has 3 rings (SSSR count). The highest BCUT2D eigenvalue weighted by Gasteiger charge is 2.28. The van der Waals surface area contributed by atoms with Crippen LogP contribution in [0.2, 0.25) is 0 Å². The van der Waals surface area contributed by atoms with Crippen molar-refractivity contribution in [2.45, 2.75) is 38.8 Å². The Labute approximate surface area is 182 Å². The van der Waals surface area contributed by atoms with E-state index in [9.17, 15) is 14.0 Å². The number of amides is 2. The van der Waals surface area contributed by atoms with Gasteiger partial charge >= 0.3 is 6.09 Å². The number of likely N-dealkylation sites (N-methyl/N-ethyl adjacent to an activating group) is 1. The number of aromatic nitrogens is 1. The molecule has 0 aliphatic carbocycles. The van der Waals surface area contributed by atoms with Crippen LogP contribution in [0.4, 0.5) is 15.0 Å². The molecule has 1 aliphatic rings. The zero-order valence-corrected chi connectivity index (χ0v) is 18.8. The van der Waals surface area contributed by atoms with Crippen molar-refractivity contribution in [3.8, 4) is 11.1 Å². The van der Waals surface area contributed by atoms with Crippen LogP contribution in [0.1, 0.15) is 36.7 Å². The van der Waals surface area contributed by atoms with Gasteiger partial charge in [-0.1, -0.05) is 12.1 Å². The molecule has 1 aromatic carbocycles. The van der Waals surface area contributed by atoms with Gasteiger partial charge in [0, 0.05) is 24.7 Å². The summed E-state index contributed by atoms with van der Waals surface area (Å²) in [6.45, 7) is 5.70. The standard InChI is InChI=1S/C21H24BrFN4O3/c1-21(2,3)30-20(29)27(4)10-13-8-12-7-11(5-6-14(12)19(28)25-13)15-9-16(22)17(23)26-18(15)24/h5-7,9,13H,8,10H2,1-4H3,(H2,24,26)(H,25,28). The summed E-state index contributed by atoms with van der Waals surface area (Å²) in [5.41, 5.74) is 7.97. The summed E-state index contributed by atoms with van der Waals surface area (Å²) in [5.74, 6) is -0.826. The number of ether oxygens (including phenoxy) is 1. The normalized spacial score (nSPS) is 15.9. The van der Waals surface area contributed by atoms with Gasteiger partial charge in [0.25, 0.3) is 5.91 Å². The fourth-order valence-corrected chi connectivity index (χ4v) is 3.61. The topological polar surface area (TPSA) is 97.5 Å². The third-order valence-electron chi connectivity index (χ3n) is 4.62. The molecule has 160 valence electrons. The maximum Gasteiger partial charge on any atom is 0.410 e. The molecule has 2 amide bonds. The number of nitrogens with two attached hydrogens (primary N) is 1. The minimum Gasteiger partial charge on any atom is -0.444 e. The number of carbonyl (C=O) groups is 2. The lowest BCUT2D eigenvalue weighted by molar-refractivity contribution is 0.0279. The van der Waals surface area contributed by atoms with E-state index in [4.69, 9.17) is 10.5 Å². The van der Waals surface area contributed by atoms with Crippen molar-refractivity contribution in [3.05, 3.63) is 45.8 Å². The molecule has 0 fully saturated rings. The minimum atomic E-state index is -0.682. The van der Waals surface area contributed by atoms with Crippen molar-refractivity contribution in [3.63, 3.8) is 0 Å². The Kier molecular flexibility index (Phi) is 6.03. The van der Waals surface area contributed by atoms with E-state index < -0.39 is 17.6 Å². The predicted octanol–water partition coefficient (Wildman–Crippen LogP) is 3.75. The molecule has 0 spiro atoms. The number of nitrogens with zero attached hydrogens (tertiary/aromatic N) is 2. The van der Waals surface area contributed by atoms with Gasteiger partial charge in [0.2, 0.25) is 5.95 Å². The highest BCUT2D eigenvalue weighted by atomic mass is 79.9. The maximum atomic E-state index is 13.6. The van der Waals surface area contributed by atoms with Gasteiger partial charge in [-0.15, -0.1) is 0 Å². The van der Waals surface area contributed by atoms with Crippen molar-refractivity contribution in [2.75, 3.05) is 19.3 Å². The summed E-state index contributed by atoms with van der Waals surface area (Å²) < 4.78 is 19.2. The molecule has 3 N–H and O–H groups in total. The summed E-state index contributed by atoms with van der Waals surface area (Å²) >= 11 is 3.13. The van der Waals surface area contributed by atoms with Crippen LogP contribution in [0.5, 0.6) is 0 Å². The van der Waals surface area contributed by atoms with Crippen molar-refractivity contribution in [2.24, 2.45) is 0 Å². The number of nitrogen functional groups attached to an aromatic ring is 1. The second kappa shape index (κ2) is 8.22. The van der Waals surface area contributed by atoms with Crippen LogP contribution in [0.15, 0.2) is 28.7 Å². The van der Waals surface area contributed by atoms with Gasteiger partial charge in [0.05, 0.1) is 10.5 Å². The number of anilines is 1. The predicted molar refractivity (Wildman–Crippen MR) is 116 cm³/mol. The number of fused-ring (bicyclic) bond motifs is 1. The molecule has 0 radical (unpaired) electrons. The fourth-order valence-electron chi connectivity index (χ4n) is 3.30. The first-order chi connectivity index (χ1) is 13.9. The number of hydrogen-bond acceptors (Lipinski definition) is 5. The molecule has 1 unspecified atom stereocenters. The van der Waals surface area contributed by atoms with Crippen LogP contribution < -0.4 is 11.1 Å². The fraction of sp³-hybridized carbons (Fsp3) is 0.381. The van der Waals surface area contributed by atoms with Crippen LogP contribution in [0.3, 0.4) is 0 Å². The first-order valence-electron chi connectivity index (χ1n) is 9.44. The molecule has 0 saturated heterocycles. The molecular weight excluding hydrogens is 455 g/mol. The number of rotatable bonds is 3. The second-order valence-corrected chi connectivity index (χ2v) is 9.16. The summed E-state index contributed by atoms with van der Waals surface area (Å²) in [6, 6.07) is 6.61. The average molecular weight is 479 g/mol. The van der Waals surface area contributed by atoms with E-state index in [0.717, 1.165) is 11.1 Å². The Hall–Kier alpha value is -2.68. The second-order valence-electron chi connectivity index (χ2n) is 8.30. The molecule has 9 heteroatoms. The first kappa shape index (κ1) is 22.0. The van der Waals surface area contributed by atoms with Gasteiger partial charge in [0.15, 0.2) is 0 Å². The van der Waals surface area contributed by atoms with Crippen molar-refractivity contribution in [1.82, 2.24) is 15.2 Å². The maximum absolute atomic E-state index is 13.6. The van der Waals surface area contributed by atoms with Crippen LogP contribution in [-0.2, 0) is 11.2 Å². The molecule has 7 nitrogen and oxygen atoms in total. The van der Waals surface area contributed by atoms with Gasteiger partial charge in [-0.3, -0.25) is 4.79 Å². The van der Waals surface area contributed by atoms with Gasteiger partial charge in [-0.25, -0.2) is 9.78 Å². The van der Waals surface area contributed by atoms with Crippen molar-refractivity contribution < 1.29 is 18.7 Å². The molecule has 0 saturated carbocycles. The zero-order chi connectivity index (χ0) is 22.2. The summed E-state index contributed by atoms with van der Waals surface area (Å²) in [5, 5.41) is 2.93. The summed E-state index contributed by atoms with van der Waals surface area (Å²) in [6.07, 6.45) is 0.0731. The van der Waals surface area contributed by atoms with Crippen molar-refractivity contribution in [1.29, 1.82) is 0 Å². The highest BCUT2D eigenvalue weighted by molar-refractivity contribution is 9.10. The molecule has 0 bridgehead atoms. The van der Waals surface area contributed by atoms with Crippen LogP contribution in [-0.4, -0.2) is 47.1 Å². The number of halogens is 2. The Morgan fingerprint density at radius 3 is 2.73 bits per heavy atom. The van der Waals surface area contributed by atoms with Crippen LogP contribution in [0, 0.1) is 5.95 Å². The highest BCUT2D eigenvalue weighted by Crippen LogP contribution is 2.31. The van der Waals surface area contributed by atoms with E-state index in [0.29, 0.717) is 24.1 Å². The Morgan fingerprint density at radius 1 is 1.37 bits per heavy atom. The number of hydrogen-bond donors (Lipinski definition) is 2.